The number of ether oxygens (including phenoxy) is 1. The second-order valence-corrected chi connectivity index (χ2v) is 11.2. The van der Waals surface area contributed by atoms with Crippen LogP contribution in [0.4, 0.5) is 26.8 Å². The average molecular weight is 510 g/mol. The zero-order valence-electron chi connectivity index (χ0n) is 20.9. The Morgan fingerprint density at radius 3 is 2.76 bits per heavy atom. The molecule has 5 fully saturated rings. The van der Waals surface area contributed by atoms with Crippen LogP contribution in [0.25, 0.3) is 5.65 Å². The highest BCUT2D eigenvalue weighted by atomic mass is 19.1. The normalized spacial score (nSPS) is 31.1. The van der Waals surface area contributed by atoms with Gasteiger partial charge in [0.25, 0.3) is 0 Å². The third-order valence-electron chi connectivity index (χ3n) is 8.61. The second-order valence-electron chi connectivity index (χ2n) is 11.2. The monoisotopic (exact) mass is 509 g/mol. The van der Waals surface area contributed by atoms with Crippen LogP contribution in [-0.2, 0) is 4.74 Å². The number of alkyl carbamates (subject to hydrolysis) is 1. The van der Waals surface area contributed by atoms with Crippen LogP contribution >= 0.6 is 0 Å². The number of rotatable bonds is 6. The number of carbonyl (C=O) groups is 1. The van der Waals surface area contributed by atoms with E-state index in [1.54, 1.807) is 6.20 Å². The van der Waals surface area contributed by atoms with E-state index in [0.717, 1.165) is 62.8 Å². The molecule has 3 atom stereocenters. The largest absolute Gasteiger partial charge is 0.443 e. The third-order valence-corrected chi connectivity index (χ3v) is 8.61. The number of H-pyrrole nitrogens is 1. The minimum atomic E-state index is -1.29. The number of aromatic nitrogens is 5. The number of anilines is 3. The number of nitrogens with zero attached hydrogens (tertiary/aromatic N) is 6. The molecule has 4 aliphatic carbocycles. The number of nitrogens with one attached hydrogen (secondary N) is 3. The summed E-state index contributed by atoms with van der Waals surface area (Å²) in [7, 11) is 2.12. The van der Waals surface area contributed by atoms with Crippen LogP contribution in [-0.4, -0.2) is 86.6 Å². The molecule has 3 aromatic rings. The number of likely N-dealkylation sites (N-methyl/N-ethyl adjacent to an activating group) is 1. The number of piperazine rings is 1. The fraction of sp³-hybridized carbons (Fsp3) is 0.600. The average Bonchev–Trinajstić information content (AvgIpc) is 3.57. The summed E-state index contributed by atoms with van der Waals surface area (Å²) < 4.78 is 22.7. The zero-order chi connectivity index (χ0) is 25.1. The van der Waals surface area contributed by atoms with Gasteiger partial charge in [-0.25, -0.2) is 14.2 Å². The highest BCUT2D eigenvalue weighted by molar-refractivity contribution is 5.69. The van der Waals surface area contributed by atoms with Gasteiger partial charge in [0.15, 0.2) is 5.82 Å². The minimum absolute atomic E-state index is 0.0775. The molecule has 0 aromatic carbocycles. The number of aromatic amines is 1. The van der Waals surface area contributed by atoms with Crippen LogP contribution in [0.1, 0.15) is 43.7 Å². The summed E-state index contributed by atoms with van der Waals surface area (Å²) in [6, 6.07) is 3.80. The number of imidazole rings is 1. The SMILES string of the molecule is CN1CCN(c2cc3nccn3c(Nc3cc([C@@H]4CC[C@H](OC(=O)NC56CC(C5)C6)[C@H]4F)[nH]n3)n2)CC1. The Labute approximate surface area is 213 Å². The van der Waals surface area contributed by atoms with Crippen LogP contribution in [0.5, 0.6) is 0 Å². The lowest BCUT2D eigenvalue weighted by Gasteiger charge is -2.61. The molecule has 1 amide bonds. The van der Waals surface area contributed by atoms with Crippen LogP contribution in [0.2, 0.25) is 0 Å². The van der Waals surface area contributed by atoms with Gasteiger partial charge in [0, 0.05) is 67.9 Å². The summed E-state index contributed by atoms with van der Waals surface area (Å²) in [5.74, 6) is 2.35. The molecule has 8 rings (SSSR count). The highest BCUT2D eigenvalue weighted by Gasteiger charge is 2.58. The summed E-state index contributed by atoms with van der Waals surface area (Å²) in [6.07, 6.45) is 5.20. The van der Waals surface area contributed by atoms with Crippen LogP contribution in [0.3, 0.4) is 0 Å². The van der Waals surface area contributed by atoms with Crippen LogP contribution in [0, 0.1) is 5.92 Å². The Bertz CT molecular complexity index is 1300. The molecule has 1 aliphatic heterocycles. The van der Waals surface area contributed by atoms with Gasteiger partial charge in [0.05, 0.1) is 0 Å². The van der Waals surface area contributed by atoms with Crippen LogP contribution < -0.4 is 15.5 Å². The first kappa shape index (κ1) is 22.8. The lowest BCUT2D eigenvalue weighted by Crippen LogP contribution is -2.68. The van der Waals surface area contributed by atoms with E-state index in [0.29, 0.717) is 30.3 Å². The van der Waals surface area contributed by atoms with E-state index in [-0.39, 0.29) is 5.54 Å². The molecule has 0 spiro atoms. The van der Waals surface area contributed by atoms with E-state index in [1.165, 1.54) is 0 Å². The molecule has 5 aliphatic rings. The maximum absolute atomic E-state index is 15.3. The number of halogens is 1. The standard InChI is InChI=1S/C25H32FN9O2/c1-33-6-8-34(9-7-33)21-11-20-27-4-5-35(20)23(29-21)28-19-10-17(31-32-19)16-2-3-18(22(16)26)37-24(36)30-25-12-15(13-25)14-25/h4-5,10-11,15-16,18,22H,2-3,6-9,12-14H2,1H3,(H,30,36)(H2,28,29,31,32)/t15?,16-,18-,22-,25?/m0/s1. The van der Waals surface area contributed by atoms with Crippen molar-refractivity contribution in [2.75, 3.05) is 43.4 Å². The Kier molecular flexibility index (Phi) is 5.27. The lowest BCUT2D eigenvalue weighted by molar-refractivity contribution is -0.0532. The van der Waals surface area contributed by atoms with Crippen molar-refractivity contribution in [2.45, 2.75) is 55.8 Å². The Hall–Kier alpha value is -3.41. The predicted octanol–water partition coefficient (Wildman–Crippen LogP) is 2.81. The van der Waals surface area contributed by atoms with Gasteiger partial charge >= 0.3 is 6.09 Å². The van der Waals surface area contributed by atoms with E-state index < -0.39 is 24.3 Å². The lowest BCUT2D eigenvalue weighted by atomic mass is 9.50. The van der Waals surface area contributed by atoms with Crippen molar-refractivity contribution in [1.82, 2.24) is 34.8 Å². The second kappa shape index (κ2) is 8.57. The van der Waals surface area contributed by atoms with Gasteiger partial charge in [-0.05, 0) is 45.1 Å². The van der Waals surface area contributed by atoms with Gasteiger partial charge in [-0.15, -0.1) is 0 Å². The van der Waals surface area contributed by atoms with E-state index in [1.807, 2.05) is 22.7 Å². The van der Waals surface area contributed by atoms with Gasteiger partial charge in [0.2, 0.25) is 5.95 Å². The van der Waals surface area contributed by atoms with Gasteiger partial charge in [0.1, 0.15) is 23.7 Å². The summed E-state index contributed by atoms with van der Waals surface area (Å²) in [6.45, 7) is 3.75. The first-order valence-electron chi connectivity index (χ1n) is 13.2. The van der Waals surface area contributed by atoms with Gasteiger partial charge < -0.3 is 25.2 Å². The fourth-order valence-electron chi connectivity index (χ4n) is 6.29. The predicted molar refractivity (Wildman–Crippen MR) is 135 cm³/mol. The number of alkyl halides is 1. The third kappa shape index (κ3) is 4.07. The highest BCUT2D eigenvalue weighted by Crippen LogP contribution is 2.57. The van der Waals surface area contributed by atoms with Crippen molar-refractivity contribution in [2.24, 2.45) is 5.92 Å². The topological polar surface area (TPSA) is 116 Å². The molecule has 196 valence electrons. The van der Waals surface area contributed by atoms with E-state index >= 15 is 4.39 Å². The zero-order valence-corrected chi connectivity index (χ0v) is 20.9. The first-order valence-corrected chi connectivity index (χ1v) is 13.2. The summed E-state index contributed by atoms with van der Waals surface area (Å²) in [4.78, 5) is 26.2. The van der Waals surface area contributed by atoms with Gasteiger partial charge in [-0.3, -0.25) is 9.50 Å². The molecule has 12 heteroatoms. The maximum atomic E-state index is 15.3. The molecule has 0 unspecified atom stereocenters. The molecule has 0 radical (unpaired) electrons. The van der Waals surface area contributed by atoms with E-state index in [4.69, 9.17) is 9.72 Å². The van der Waals surface area contributed by atoms with Crippen LogP contribution in [0.15, 0.2) is 24.5 Å². The summed E-state index contributed by atoms with van der Waals surface area (Å²) in [5, 5.41) is 13.6. The molecular weight excluding hydrogens is 477 g/mol. The molecule has 3 aromatic heterocycles. The van der Waals surface area contributed by atoms with Crippen molar-refractivity contribution < 1.29 is 13.9 Å². The van der Waals surface area contributed by atoms with Crippen molar-refractivity contribution in [3.63, 3.8) is 0 Å². The number of hydrogen-bond donors (Lipinski definition) is 3. The minimum Gasteiger partial charge on any atom is -0.443 e. The van der Waals surface area contributed by atoms with E-state index in [2.05, 4.69) is 42.7 Å². The molecule has 3 N–H and O–H groups in total. The van der Waals surface area contributed by atoms with Crippen molar-refractivity contribution in [3.05, 3.63) is 30.2 Å². The molecule has 1 saturated heterocycles. The molecule has 4 saturated carbocycles. The molecular formula is C25H32FN9O2. The van der Waals surface area contributed by atoms with Crippen molar-refractivity contribution in [1.29, 1.82) is 0 Å². The molecule has 37 heavy (non-hydrogen) atoms. The number of amides is 1. The number of fused-ring (bicyclic) bond motifs is 1. The molecule has 2 bridgehead atoms. The van der Waals surface area contributed by atoms with Crippen molar-refractivity contribution in [3.8, 4) is 0 Å². The number of hydrogen-bond acceptors (Lipinski definition) is 8. The maximum Gasteiger partial charge on any atom is 0.407 e. The summed E-state index contributed by atoms with van der Waals surface area (Å²) in [5.41, 5.74) is 1.39. The quantitative estimate of drug-likeness (QED) is 0.465. The smallest absolute Gasteiger partial charge is 0.407 e. The van der Waals surface area contributed by atoms with Gasteiger partial charge in [-0.2, -0.15) is 10.1 Å². The van der Waals surface area contributed by atoms with Crippen molar-refractivity contribution >= 4 is 29.3 Å². The fourth-order valence-corrected chi connectivity index (χ4v) is 6.29. The molecule has 4 heterocycles. The number of carbonyl (C=O) groups excluding carboxylic acids is 1. The first-order chi connectivity index (χ1) is 17.9. The molecule has 11 nitrogen and oxygen atoms in total. The Morgan fingerprint density at radius 2 is 2.00 bits per heavy atom. The summed E-state index contributed by atoms with van der Waals surface area (Å²) >= 11 is 0. The van der Waals surface area contributed by atoms with E-state index in [9.17, 15) is 4.79 Å². The Balaban J connectivity index is 1.03. The van der Waals surface area contributed by atoms with Gasteiger partial charge in [-0.1, -0.05) is 0 Å². The Morgan fingerprint density at radius 1 is 1.19 bits per heavy atom.